The summed E-state index contributed by atoms with van der Waals surface area (Å²) in [7, 11) is -8.78. The lowest BCUT2D eigenvalue weighted by molar-refractivity contribution is 0.464. The molecule has 3 aromatic rings. The summed E-state index contributed by atoms with van der Waals surface area (Å²) in [6.07, 6.45) is 0. The van der Waals surface area contributed by atoms with Crippen LogP contribution in [0.5, 0.6) is 5.75 Å². The van der Waals surface area contributed by atoms with Crippen LogP contribution in [0.15, 0.2) is 76.5 Å². The number of fused-ring (bicyclic) bond motifs is 1. The fourth-order valence-electron chi connectivity index (χ4n) is 2.30. The number of benzene rings is 3. The zero-order chi connectivity index (χ0) is 17.4. The van der Waals surface area contributed by atoms with Crippen LogP contribution in [0.4, 0.5) is 0 Å². The fraction of sp³-hybridized carbons (Fsp3) is 0. The van der Waals surface area contributed by atoms with E-state index in [4.69, 9.17) is 4.18 Å². The third kappa shape index (κ3) is 3.12. The van der Waals surface area contributed by atoms with Crippen molar-refractivity contribution in [3.05, 3.63) is 66.7 Å². The molecule has 0 atom stereocenters. The molecule has 0 aliphatic rings. The van der Waals surface area contributed by atoms with E-state index in [0.717, 1.165) is 0 Å². The number of hydrogen-bond acceptors (Lipinski definition) is 6. The first-order valence-electron chi connectivity index (χ1n) is 6.76. The van der Waals surface area contributed by atoms with Gasteiger partial charge in [0, 0.05) is 10.8 Å². The minimum atomic E-state index is -4.70. The molecule has 0 bridgehead atoms. The van der Waals surface area contributed by atoms with Gasteiger partial charge < -0.3 is 8.74 Å². The van der Waals surface area contributed by atoms with Gasteiger partial charge in [-0.1, -0.05) is 42.5 Å². The first kappa shape index (κ1) is 16.4. The number of rotatable bonds is 4. The molecule has 0 saturated heterocycles. The molecule has 6 nitrogen and oxygen atoms in total. The average molecular weight is 363 g/mol. The Morgan fingerprint density at radius 2 is 1.33 bits per heavy atom. The zero-order valence-electron chi connectivity index (χ0n) is 12.1. The zero-order valence-corrected chi connectivity index (χ0v) is 13.7. The second-order valence-electron chi connectivity index (χ2n) is 4.91. The molecular formula is C16H11O6S2-. The Bertz CT molecular complexity index is 1100. The quantitative estimate of drug-likeness (QED) is 0.521. The van der Waals surface area contributed by atoms with Crippen molar-refractivity contribution in [3.8, 4) is 5.75 Å². The first-order valence-corrected chi connectivity index (χ1v) is 9.58. The van der Waals surface area contributed by atoms with Gasteiger partial charge in [0.05, 0.1) is 4.90 Å². The topological polar surface area (TPSA) is 101 Å². The summed E-state index contributed by atoms with van der Waals surface area (Å²) in [5, 5.41) is 0.321. The molecule has 0 heterocycles. The highest BCUT2D eigenvalue weighted by Crippen LogP contribution is 2.31. The van der Waals surface area contributed by atoms with E-state index in [9.17, 15) is 21.4 Å². The molecule has 3 aromatic carbocycles. The minimum Gasteiger partial charge on any atom is -0.744 e. The van der Waals surface area contributed by atoms with Gasteiger partial charge in [0.2, 0.25) is 0 Å². The molecule has 0 aliphatic heterocycles. The Kier molecular flexibility index (Phi) is 4.04. The summed E-state index contributed by atoms with van der Waals surface area (Å²) in [5.41, 5.74) is 0. The van der Waals surface area contributed by atoms with E-state index in [2.05, 4.69) is 0 Å². The Balaban J connectivity index is 2.15. The molecule has 0 radical (unpaired) electrons. The number of hydrogen-bond donors (Lipinski definition) is 0. The van der Waals surface area contributed by atoms with E-state index in [0.29, 0.717) is 0 Å². The van der Waals surface area contributed by atoms with Gasteiger partial charge in [-0.05, 0) is 24.3 Å². The molecular weight excluding hydrogens is 352 g/mol. The maximum atomic E-state index is 12.3. The van der Waals surface area contributed by atoms with Crippen LogP contribution in [0.25, 0.3) is 10.8 Å². The largest absolute Gasteiger partial charge is 0.744 e. The lowest BCUT2D eigenvalue weighted by Crippen LogP contribution is -2.10. The van der Waals surface area contributed by atoms with Crippen molar-refractivity contribution < 1.29 is 25.6 Å². The summed E-state index contributed by atoms with van der Waals surface area (Å²) < 4.78 is 63.8. The van der Waals surface area contributed by atoms with Crippen molar-refractivity contribution in [2.24, 2.45) is 0 Å². The van der Waals surface area contributed by atoms with E-state index in [1.54, 1.807) is 18.2 Å². The Morgan fingerprint density at radius 3 is 2.00 bits per heavy atom. The average Bonchev–Trinajstić information content (AvgIpc) is 2.54. The summed E-state index contributed by atoms with van der Waals surface area (Å²) in [5.74, 6) is -0.0538. The van der Waals surface area contributed by atoms with Gasteiger partial charge >= 0.3 is 10.1 Å². The van der Waals surface area contributed by atoms with Gasteiger partial charge in [-0.2, -0.15) is 8.42 Å². The van der Waals surface area contributed by atoms with E-state index >= 15 is 0 Å². The van der Waals surface area contributed by atoms with Crippen molar-refractivity contribution >= 4 is 31.0 Å². The summed E-state index contributed by atoms with van der Waals surface area (Å²) in [6, 6.07) is 15.8. The van der Waals surface area contributed by atoms with Gasteiger partial charge in [0.1, 0.15) is 15.0 Å². The van der Waals surface area contributed by atoms with E-state index in [1.165, 1.54) is 48.5 Å². The Labute approximate surface area is 139 Å². The predicted molar refractivity (Wildman–Crippen MR) is 86.2 cm³/mol. The minimum absolute atomic E-state index is 0.0328. The Hall–Kier alpha value is -2.42. The molecule has 0 N–H and O–H groups in total. The van der Waals surface area contributed by atoms with Crippen LogP contribution in [0.2, 0.25) is 0 Å². The molecule has 0 fully saturated rings. The predicted octanol–water partition coefficient (Wildman–Crippen LogP) is 2.51. The monoisotopic (exact) mass is 363 g/mol. The SMILES string of the molecule is O=S(=O)([O-])c1cccc2c(OS(=O)(=O)c3ccccc3)cccc12. The fourth-order valence-corrected chi connectivity index (χ4v) is 3.96. The highest BCUT2D eigenvalue weighted by Gasteiger charge is 2.18. The molecule has 0 saturated carbocycles. The Morgan fingerprint density at radius 1 is 0.708 bits per heavy atom. The van der Waals surface area contributed by atoms with Crippen LogP contribution in [0.1, 0.15) is 0 Å². The lowest BCUT2D eigenvalue weighted by Gasteiger charge is -2.13. The van der Waals surface area contributed by atoms with Crippen LogP contribution in [0, 0.1) is 0 Å². The summed E-state index contributed by atoms with van der Waals surface area (Å²) in [4.78, 5) is -0.461. The van der Waals surface area contributed by atoms with Gasteiger partial charge in [-0.3, -0.25) is 0 Å². The van der Waals surface area contributed by atoms with Gasteiger partial charge in [-0.15, -0.1) is 0 Å². The smallest absolute Gasteiger partial charge is 0.339 e. The van der Waals surface area contributed by atoms with Crippen LogP contribution in [0.3, 0.4) is 0 Å². The molecule has 0 unspecified atom stereocenters. The van der Waals surface area contributed by atoms with Crippen LogP contribution < -0.4 is 4.18 Å². The van der Waals surface area contributed by atoms with Gasteiger partial charge in [0.25, 0.3) is 0 Å². The van der Waals surface area contributed by atoms with Crippen LogP contribution >= 0.6 is 0 Å². The highest BCUT2D eigenvalue weighted by molar-refractivity contribution is 7.87. The van der Waals surface area contributed by atoms with Crippen molar-refractivity contribution in [2.45, 2.75) is 9.79 Å². The molecule has 8 heteroatoms. The van der Waals surface area contributed by atoms with Crippen molar-refractivity contribution in [1.29, 1.82) is 0 Å². The maximum Gasteiger partial charge on any atom is 0.339 e. The molecule has 24 heavy (non-hydrogen) atoms. The van der Waals surface area contributed by atoms with Gasteiger partial charge in [0.15, 0.2) is 5.75 Å². The highest BCUT2D eigenvalue weighted by atomic mass is 32.2. The summed E-state index contributed by atoms with van der Waals surface area (Å²) >= 11 is 0. The van der Waals surface area contributed by atoms with Crippen molar-refractivity contribution in [2.75, 3.05) is 0 Å². The molecule has 0 amide bonds. The molecule has 0 aromatic heterocycles. The molecule has 124 valence electrons. The van der Waals surface area contributed by atoms with E-state index < -0.39 is 25.1 Å². The maximum absolute atomic E-state index is 12.3. The lowest BCUT2D eigenvalue weighted by atomic mass is 10.1. The van der Waals surface area contributed by atoms with Gasteiger partial charge in [-0.25, -0.2) is 8.42 Å². The third-order valence-corrected chi connectivity index (χ3v) is 5.49. The van der Waals surface area contributed by atoms with Crippen molar-refractivity contribution in [1.82, 2.24) is 0 Å². The van der Waals surface area contributed by atoms with Crippen LogP contribution in [-0.4, -0.2) is 21.4 Å². The molecule has 3 rings (SSSR count). The molecule has 0 spiro atoms. The third-order valence-electron chi connectivity index (χ3n) is 3.34. The van der Waals surface area contributed by atoms with Crippen LogP contribution in [-0.2, 0) is 20.2 Å². The molecule has 0 aliphatic carbocycles. The second-order valence-corrected chi connectivity index (χ2v) is 7.81. The van der Waals surface area contributed by atoms with Crippen molar-refractivity contribution in [3.63, 3.8) is 0 Å². The standard InChI is InChI=1S/C16H12O6S2/c17-23(18,19)16-11-5-8-13-14(16)9-4-10-15(13)22-24(20,21)12-6-2-1-3-7-12/h1-11H,(H,17,18,19)/p-1. The van der Waals surface area contributed by atoms with E-state index in [-0.39, 0.29) is 21.4 Å². The summed E-state index contributed by atoms with van der Waals surface area (Å²) in [6.45, 7) is 0. The second kappa shape index (κ2) is 5.90. The first-order chi connectivity index (χ1) is 11.3. The van der Waals surface area contributed by atoms with E-state index in [1.807, 2.05) is 0 Å². The normalized spacial score (nSPS) is 12.2.